The molecule has 94 valence electrons. The lowest BCUT2D eigenvalue weighted by molar-refractivity contribution is -0.139. The molecule has 7 heteroatoms. The maximum Gasteiger partial charge on any atom is 0.311 e. The summed E-state index contributed by atoms with van der Waals surface area (Å²) < 4.78 is 30.3. The second-order valence-electron chi connectivity index (χ2n) is 3.13. The minimum absolute atomic E-state index is 0.00861. The van der Waals surface area contributed by atoms with Gasteiger partial charge in [0.15, 0.2) is 0 Å². The Hall–Kier alpha value is -0.750. The van der Waals surface area contributed by atoms with E-state index in [1.165, 1.54) is 13.3 Å². The Labute approximate surface area is 110 Å². The third-order valence-corrected chi connectivity index (χ3v) is 3.04. The standard InChI is InChI=1S/C10H9BrClF2NO2/c1-17-8(16)2-7-9(10(13)14)5(3-11)6(12)4-15-7/h4,10H,2-3H2,1H3. The number of carbonyl (C=O) groups excluding carboxylic acids is 1. The molecule has 0 aliphatic rings. The quantitative estimate of drug-likeness (QED) is 0.629. The molecule has 0 aliphatic carbocycles. The van der Waals surface area contributed by atoms with Crippen molar-refractivity contribution in [2.75, 3.05) is 7.11 Å². The number of hydrogen-bond acceptors (Lipinski definition) is 3. The Morgan fingerprint density at radius 3 is 2.76 bits per heavy atom. The van der Waals surface area contributed by atoms with Crippen LogP contribution in [-0.4, -0.2) is 18.1 Å². The molecule has 0 unspecified atom stereocenters. The van der Waals surface area contributed by atoms with Crippen molar-refractivity contribution in [1.82, 2.24) is 4.98 Å². The molecular weight excluding hydrogens is 319 g/mol. The molecular formula is C10H9BrClF2NO2. The van der Waals surface area contributed by atoms with Crippen molar-refractivity contribution in [1.29, 1.82) is 0 Å². The first-order valence-electron chi connectivity index (χ1n) is 4.58. The average molecular weight is 329 g/mol. The second kappa shape index (κ2) is 6.26. The smallest absolute Gasteiger partial charge is 0.311 e. The number of hydrogen-bond donors (Lipinski definition) is 0. The molecule has 0 bridgehead atoms. The van der Waals surface area contributed by atoms with E-state index in [2.05, 4.69) is 25.7 Å². The summed E-state index contributed by atoms with van der Waals surface area (Å²) >= 11 is 8.86. The Balaban J connectivity index is 3.25. The zero-order chi connectivity index (χ0) is 13.0. The number of methoxy groups -OCH3 is 1. The fourth-order valence-corrected chi connectivity index (χ4v) is 2.31. The molecule has 0 spiro atoms. The SMILES string of the molecule is COC(=O)Cc1ncc(Cl)c(CBr)c1C(F)F. The number of esters is 1. The number of rotatable bonds is 4. The number of halogens is 4. The fourth-order valence-electron chi connectivity index (χ4n) is 1.33. The molecule has 3 nitrogen and oxygen atoms in total. The molecule has 1 heterocycles. The molecule has 0 atom stereocenters. The maximum atomic E-state index is 12.9. The van der Waals surface area contributed by atoms with Crippen LogP contribution in [0.1, 0.15) is 23.2 Å². The summed E-state index contributed by atoms with van der Waals surface area (Å²) in [5, 5.41) is 0.313. The lowest BCUT2D eigenvalue weighted by Gasteiger charge is -2.12. The van der Waals surface area contributed by atoms with Crippen molar-refractivity contribution < 1.29 is 18.3 Å². The van der Waals surface area contributed by atoms with Crippen molar-refractivity contribution in [3.05, 3.63) is 28.0 Å². The van der Waals surface area contributed by atoms with Crippen LogP contribution in [0.4, 0.5) is 8.78 Å². The summed E-state index contributed by atoms with van der Waals surface area (Å²) in [4.78, 5) is 14.9. The Kier molecular flexibility index (Phi) is 5.27. The van der Waals surface area contributed by atoms with Gasteiger partial charge in [-0.05, 0) is 5.56 Å². The van der Waals surface area contributed by atoms with Gasteiger partial charge in [-0.15, -0.1) is 0 Å². The first-order chi connectivity index (χ1) is 8.01. The number of carbonyl (C=O) groups is 1. The van der Waals surface area contributed by atoms with Crippen LogP contribution in [0.3, 0.4) is 0 Å². The summed E-state index contributed by atoms with van der Waals surface area (Å²) in [6.07, 6.45) is -1.79. The van der Waals surface area contributed by atoms with E-state index in [1.807, 2.05) is 0 Å². The molecule has 17 heavy (non-hydrogen) atoms. The summed E-state index contributed by atoms with van der Waals surface area (Å²) in [6.45, 7) is 0. The van der Waals surface area contributed by atoms with Gasteiger partial charge in [-0.3, -0.25) is 9.78 Å². The first kappa shape index (κ1) is 14.3. The van der Waals surface area contributed by atoms with Gasteiger partial charge in [-0.1, -0.05) is 27.5 Å². The zero-order valence-electron chi connectivity index (χ0n) is 8.84. The molecule has 0 aromatic carbocycles. The van der Waals surface area contributed by atoms with Gasteiger partial charge in [0.1, 0.15) is 0 Å². The molecule has 1 aromatic rings. The monoisotopic (exact) mass is 327 g/mol. The molecule has 1 aromatic heterocycles. The summed E-state index contributed by atoms with van der Waals surface area (Å²) in [7, 11) is 1.19. The zero-order valence-corrected chi connectivity index (χ0v) is 11.2. The lowest BCUT2D eigenvalue weighted by atomic mass is 10.1. The predicted molar refractivity (Wildman–Crippen MR) is 62.6 cm³/mol. The highest BCUT2D eigenvalue weighted by molar-refractivity contribution is 9.08. The number of aromatic nitrogens is 1. The van der Waals surface area contributed by atoms with Crippen LogP contribution in [0.2, 0.25) is 5.02 Å². The van der Waals surface area contributed by atoms with E-state index in [9.17, 15) is 13.6 Å². The Bertz CT molecular complexity index is 429. The first-order valence-corrected chi connectivity index (χ1v) is 6.08. The Morgan fingerprint density at radius 2 is 2.29 bits per heavy atom. The van der Waals surface area contributed by atoms with Gasteiger partial charge in [-0.2, -0.15) is 0 Å². The van der Waals surface area contributed by atoms with Gasteiger partial charge in [0.25, 0.3) is 6.43 Å². The Morgan fingerprint density at radius 1 is 1.65 bits per heavy atom. The van der Waals surface area contributed by atoms with Gasteiger partial charge in [0.2, 0.25) is 0 Å². The van der Waals surface area contributed by atoms with Crippen LogP contribution in [0.25, 0.3) is 0 Å². The van der Waals surface area contributed by atoms with E-state index in [1.54, 1.807) is 0 Å². The summed E-state index contributed by atoms with van der Waals surface area (Å²) in [5.41, 5.74) is -0.0685. The van der Waals surface area contributed by atoms with E-state index in [0.29, 0.717) is 0 Å². The second-order valence-corrected chi connectivity index (χ2v) is 4.10. The third-order valence-electron chi connectivity index (χ3n) is 2.15. The number of ether oxygens (including phenoxy) is 1. The number of nitrogens with zero attached hydrogens (tertiary/aromatic N) is 1. The maximum absolute atomic E-state index is 12.9. The van der Waals surface area contributed by atoms with Gasteiger partial charge in [0.05, 0.1) is 24.2 Å². The molecule has 0 fully saturated rings. The van der Waals surface area contributed by atoms with Gasteiger partial charge in [0, 0.05) is 17.1 Å². The van der Waals surface area contributed by atoms with Crippen LogP contribution in [0.15, 0.2) is 6.20 Å². The van der Waals surface area contributed by atoms with Crippen molar-refractivity contribution >= 4 is 33.5 Å². The van der Waals surface area contributed by atoms with Crippen molar-refractivity contribution in [2.24, 2.45) is 0 Å². The third kappa shape index (κ3) is 3.35. The molecule has 0 radical (unpaired) electrons. The lowest BCUT2D eigenvalue weighted by Crippen LogP contribution is -2.11. The molecule has 0 amide bonds. The molecule has 0 N–H and O–H groups in total. The highest BCUT2D eigenvalue weighted by Gasteiger charge is 2.22. The molecule has 0 aliphatic heterocycles. The molecule has 0 saturated carbocycles. The largest absolute Gasteiger partial charge is 0.469 e. The van der Waals surface area contributed by atoms with Crippen molar-refractivity contribution in [3.63, 3.8) is 0 Å². The minimum Gasteiger partial charge on any atom is -0.469 e. The number of pyridine rings is 1. The minimum atomic E-state index is -2.74. The van der Waals surface area contributed by atoms with Crippen LogP contribution >= 0.6 is 27.5 Å². The van der Waals surface area contributed by atoms with Crippen LogP contribution < -0.4 is 0 Å². The van der Waals surface area contributed by atoms with Gasteiger partial charge in [-0.25, -0.2) is 8.78 Å². The van der Waals surface area contributed by atoms with Crippen molar-refractivity contribution in [2.45, 2.75) is 18.2 Å². The van der Waals surface area contributed by atoms with E-state index >= 15 is 0 Å². The van der Waals surface area contributed by atoms with Gasteiger partial charge < -0.3 is 4.74 Å². The molecule has 1 rings (SSSR count). The van der Waals surface area contributed by atoms with E-state index in [0.717, 1.165) is 0 Å². The summed E-state index contributed by atoms with van der Waals surface area (Å²) in [6, 6.07) is 0. The highest BCUT2D eigenvalue weighted by atomic mass is 79.9. The van der Waals surface area contributed by atoms with Crippen LogP contribution in [0.5, 0.6) is 0 Å². The van der Waals surface area contributed by atoms with E-state index < -0.39 is 12.4 Å². The topological polar surface area (TPSA) is 39.2 Å². The van der Waals surface area contributed by atoms with E-state index in [-0.39, 0.29) is 33.6 Å². The number of alkyl halides is 3. The van der Waals surface area contributed by atoms with Gasteiger partial charge >= 0.3 is 5.97 Å². The summed E-state index contributed by atoms with van der Waals surface area (Å²) in [5.74, 6) is -0.623. The highest BCUT2D eigenvalue weighted by Crippen LogP contribution is 2.32. The van der Waals surface area contributed by atoms with Crippen molar-refractivity contribution in [3.8, 4) is 0 Å². The normalized spacial score (nSPS) is 10.7. The average Bonchev–Trinajstić information content (AvgIpc) is 2.30. The predicted octanol–water partition coefficient (Wildman–Crippen LogP) is 3.28. The van der Waals surface area contributed by atoms with Crippen LogP contribution in [-0.2, 0) is 21.3 Å². The molecule has 0 saturated heterocycles. The van der Waals surface area contributed by atoms with Crippen LogP contribution in [0, 0.1) is 0 Å². The fraction of sp³-hybridized carbons (Fsp3) is 0.400. The van der Waals surface area contributed by atoms with E-state index in [4.69, 9.17) is 11.6 Å².